The second kappa shape index (κ2) is 19.5. The van der Waals surface area contributed by atoms with E-state index < -0.39 is 11.9 Å². The smallest absolute Gasteiger partial charge is 0.345 e. The van der Waals surface area contributed by atoms with Crippen LogP contribution in [0.2, 0.25) is 10.0 Å². The van der Waals surface area contributed by atoms with E-state index in [0.29, 0.717) is 58.4 Å². The van der Waals surface area contributed by atoms with Gasteiger partial charge in [-0.2, -0.15) is 10.2 Å². The molecule has 2 N–H and O–H groups in total. The minimum atomic E-state index is -0.572. The lowest BCUT2D eigenvalue weighted by molar-refractivity contribution is -0.121. The molecule has 0 aliphatic rings. The first-order chi connectivity index (χ1) is 23.8. The van der Waals surface area contributed by atoms with Gasteiger partial charge in [-0.3, -0.25) is 9.59 Å². The summed E-state index contributed by atoms with van der Waals surface area (Å²) in [6.45, 7) is 0. The highest BCUT2D eigenvalue weighted by atomic mass is 35.5. The van der Waals surface area contributed by atoms with E-state index in [2.05, 4.69) is 21.1 Å². The van der Waals surface area contributed by atoms with Gasteiger partial charge in [0.1, 0.15) is 11.5 Å². The molecule has 252 valence electrons. The lowest BCUT2D eigenvalue weighted by Crippen LogP contribution is -2.17. The van der Waals surface area contributed by atoms with E-state index in [4.69, 9.17) is 32.7 Å². The van der Waals surface area contributed by atoms with Crippen molar-refractivity contribution in [1.82, 2.24) is 10.9 Å². The van der Waals surface area contributed by atoms with Gasteiger partial charge in [0, 0.05) is 12.8 Å². The Hall–Kier alpha value is -5.32. The number of hydrazone groups is 2. The first-order valence-electron chi connectivity index (χ1n) is 15.6. The minimum Gasteiger partial charge on any atom is -0.423 e. The molecule has 4 aromatic rings. The molecule has 0 aliphatic heterocycles. The van der Waals surface area contributed by atoms with Crippen LogP contribution in [0.15, 0.2) is 107 Å². The van der Waals surface area contributed by atoms with Gasteiger partial charge in [-0.05, 0) is 72.5 Å². The van der Waals surface area contributed by atoms with Gasteiger partial charge < -0.3 is 9.47 Å². The molecule has 0 unspecified atom stereocenters. The Bertz CT molecular complexity index is 1700. The first-order valence-corrected chi connectivity index (χ1v) is 16.3. The second-order valence-electron chi connectivity index (χ2n) is 10.7. The molecule has 10 nitrogen and oxygen atoms in total. The summed E-state index contributed by atoms with van der Waals surface area (Å²) in [6.07, 6.45) is 7.53. The van der Waals surface area contributed by atoms with Crippen molar-refractivity contribution in [3.63, 3.8) is 0 Å². The van der Waals surface area contributed by atoms with Gasteiger partial charge in [-0.1, -0.05) is 91.0 Å². The predicted octanol–water partition coefficient (Wildman–Crippen LogP) is 7.76. The fraction of sp³-hybridized carbons (Fsp3) is 0.189. The zero-order valence-corrected chi connectivity index (χ0v) is 28.0. The summed E-state index contributed by atoms with van der Waals surface area (Å²) in [7, 11) is 0. The van der Waals surface area contributed by atoms with Crippen molar-refractivity contribution in [2.24, 2.45) is 10.2 Å². The van der Waals surface area contributed by atoms with Gasteiger partial charge in [-0.25, -0.2) is 20.4 Å². The third kappa shape index (κ3) is 12.7. The van der Waals surface area contributed by atoms with Crippen LogP contribution in [0, 0.1) is 0 Å². The van der Waals surface area contributed by atoms with Crippen LogP contribution in [0.3, 0.4) is 0 Å². The van der Waals surface area contributed by atoms with Gasteiger partial charge in [0.25, 0.3) is 0 Å². The van der Waals surface area contributed by atoms with Crippen LogP contribution in [0.1, 0.15) is 76.8 Å². The number of amides is 2. The fourth-order valence-electron chi connectivity index (χ4n) is 4.47. The maximum absolute atomic E-state index is 12.4. The number of esters is 2. The quantitative estimate of drug-likeness (QED) is 0.0403. The molecular weight excluding hydrogens is 667 g/mol. The average molecular weight is 702 g/mol. The highest BCUT2D eigenvalue weighted by molar-refractivity contribution is 6.34. The Morgan fingerprint density at radius 1 is 0.551 bits per heavy atom. The lowest BCUT2D eigenvalue weighted by atomic mass is 10.1. The summed E-state index contributed by atoms with van der Waals surface area (Å²) in [5.74, 6) is -0.916. The van der Waals surface area contributed by atoms with Crippen LogP contribution < -0.4 is 20.3 Å². The average Bonchev–Trinajstić information content (AvgIpc) is 3.08. The van der Waals surface area contributed by atoms with Crippen LogP contribution >= 0.6 is 23.2 Å². The standard InChI is InChI=1S/C37H34Cl2N4O6/c38-32-18-8-6-16-30(32)36(46)48-28-14-10-12-26(22-28)24-40-42-34(44)20-4-2-1-3-5-21-35(45)43-41-25-27-13-11-15-29(23-27)49-37(47)31-17-7-9-19-33(31)39/h6-19,22-25H,1-5,20-21H2,(H,42,44)(H,43,45). The molecule has 0 bridgehead atoms. The summed E-state index contributed by atoms with van der Waals surface area (Å²) < 4.78 is 10.8. The molecule has 49 heavy (non-hydrogen) atoms. The number of benzene rings is 4. The van der Waals surface area contributed by atoms with Crippen LogP contribution in [-0.4, -0.2) is 36.2 Å². The van der Waals surface area contributed by atoms with E-state index in [1.54, 1.807) is 97.1 Å². The SMILES string of the molecule is O=C(CCCCCCCC(=O)NN=Cc1cccc(OC(=O)c2ccccc2Cl)c1)NN=Cc1cccc(OC(=O)c2ccccc2Cl)c1. The van der Waals surface area contributed by atoms with E-state index >= 15 is 0 Å². The Balaban J connectivity index is 1.06. The molecule has 0 saturated carbocycles. The second-order valence-corrected chi connectivity index (χ2v) is 11.6. The monoisotopic (exact) mass is 700 g/mol. The number of nitrogens with one attached hydrogen (secondary N) is 2. The van der Waals surface area contributed by atoms with Crippen molar-refractivity contribution in [2.75, 3.05) is 0 Å². The molecule has 0 saturated heterocycles. The fourth-order valence-corrected chi connectivity index (χ4v) is 4.89. The molecule has 0 aromatic heterocycles. The number of ether oxygens (including phenoxy) is 2. The van der Waals surface area contributed by atoms with E-state index in [9.17, 15) is 19.2 Å². The Labute approximate surface area is 294 Å². The van der Waals surface area contributed by atoms with Gasteiger partial charge in [0.05, 0.1) is 33.6 Å². The third-order valence-corrected chi connectivity index (χ3v) is 7.60. The summed E-state index contributed by atoms with van der Waals surface area (Å²) in [4.78, 5) is 49.1. The van der Waals surface area contributed by atoms with Crippen molar-refractivity contribution in [1.29, 1.82) is 0 Å². The van der Waals surface area contributed by atoms with Crippen molar-refractivity contribution in [2.45, 2.75) is 44.9 Å². The number of rotatable bonds is 16. The van der Waals surface area contributed by atoms with Crippen molar-refractivity contribution in [3.05, 3.63) is 129 Å². The number of carbonyl (C=O) groups excluding carboxylic acids is 4. The molecule has 0 atom stereocenters. The highest BCUT2D eigenvalue weighted by Gasteiger charge is 2.13. The number of hydrogen-bond acceptors (Lipinski definition) is 8. The van der Waals surface area contributed by atoms with Crippen LogP contribution in [-0.2, 0) is 9.59 Å². The van der Waals surface area contributed by atoms with Crippen LogP contribution in [0.4, 0.5) is 0 Å². The highest BCUT2D eigenvalue weighted by Crippen LogP contribution is 2.21. The molecule has 12 heteroatoms. The number of hydrogen-bond donors (Lipinski definition) is 2. The maximum Gasteiger partial charge on any atom is 0.345 e. The van der Waals surface area contributed by atoms with E-state index in [-0.39, 0.29) is 22.9 Å². The molecule has 4 aromatic carbocycles. The summed E-state index contributed by atoms with van der Waals surface area (Å²) >= 11 is 12.1. The Kier molecular flexibility index (Phi) is 14.5. The van der Waals surface area contributed by atoms with Crippen molar-refractivity contribution >= 4 is 59.4 Å². The molecule has 2 amide bonds. The number of halogens is 2. The minimum absolute atomic E-state index is 0.209. The van der Waals surface area contributed by atoms with E-state index in [1.807, 2.05) is 0 Å². The van der Waals surface area contributed by atoms with Crippen LogP contribution in [0.5, 0.6) is 11.5 Å². The van der Waals surface area contributed by atoms with Crippen molar-refractivity contribution < 1.29 is 28.7 Å². The first kappa shape index (κ1) is 36.5. The maximum atomic E-state index is 12.4. The van der Waals surface area contributed by atoms with E-state index in [0.717, 1.165) is 19.3 Å². The Morgan fingerprint density at radius 2 is 0.959 bits per heavy atom. The third-order valence-electron chi connectivity index (χ3n) is 6.94. The predicted molar refractivity (Wildman–Crippen MR) is 189 cm³/mol. The molecule has 0 heterocycles. The summed E-state index contributed by atoms with van der Waals surface area (Å²) in [5, 5.41) is 8.58. The zero-order chi connectivity index (χ0) is 34.8. The molecule has 0 fully saturated rings. The topological polar surface area (TPSA) is 136 Å². The van der Waals surface area contributed by atoms with Gasteiger partial charge in [0.15, 0.2) is 0 Å². The molecule has 0 radical (unpaired) electrons. The molecule has 0 aliphatic carbocycles. The number of unbranched alkanes of at least 4 members (excludes halogenated alkanes) is 4. The molecular formula is C37H34Cl2N4O6. The number of nitrogens with zero attached hydrogens (tertiary/aromatic N) is 2. The van der Waals surface area contributed by atoms with Gasteiger partial charge in [0.2, 0.25) is 11.8 Å². The summed E-state index contributed by atoms with van der Waals surface area (Å²) in [6, 6.07) is 26.7. The van der Waals surface area contributed by atoms with Gasteiger partial charge >= 0.3 is 11.9 Å². The normalized spacial score (nSPS) is 11.0. The molecule has 0 spiro atoms. The van der Waals surface area contributed by atoms with Crippen molar-refractivity contribution in [3.8, 4) is 11.5 Å². The Morgan fingerprint density at radius 3 is 1.39 bits per heavy atom. The zero-order valence-electron chi connectivity index (χ0n) is 26.4. The van der Waals surface area contributed by atoms with E-state index in [1.165, 1.54) is 12.4 Å². The largest absolute Gasteiger partial charge is 0.423 e. The van der Waals surface area contributed by atoms with Crippen LogP contribution in [0.25, 0.3) is 0 Å². The molecule has 4 rings (SSSR count). The lowest BCUT2D eigenvalue weighted by Gasteiger charge is -2.06. The van der Waals surface area contributed by atoms with Gasteiger partial charge in [-0.15, -0.1) is 0 Å². The number of carbonyl (C=O) groups is 4. The summed E-state index contributed by atoms with van der Waals surface area (Å²) in [5.41, 5.74) is 6.82.